The molecule has 0 saturated carbocycles. The van der Waals surface area contributed by atoms with Gasteiger partial charge in [-0.05, 0) is 42.3 Å². The van der Waals surface area contributed by atoms with Crippen LogP contribution in [0, 0.1) is 12.7 Å². The zero-order chi connectivity index (χ0) is 24.4. The van der Waals surface area contributed by atoms with Crippen LogP contribution in [0.25, 0.3) is 11.1 Å². The lowest BCUT2D eigenvalue weighted by Crippen LogP contribution is -2.40. The smallest absolute Gasteiger partial charge is 0.259 e. The van der Waals surface area contributed by atoms with Gasteiger partial charge in [-0.3, -0.25) is 14.6 Å². The van der Waals surface area contributed by atoms with Crippen molar-refractivity contribution in [2.24, 2.45) is 0 Å². The van der Waals surface area contributed by atoms with Crippen LogP contribution >= 0.6 is 0 Å². The van der Waals surface area contributed by atoms with Crippen LogP contribution in [-0.4, -0.2) is 36.5 Å². The van der Waals surface area contributed by atoms with Gasteiger partial charge in [0.25, 0.3) is 5.56 Å². The van der Waals surface area contributed by atoms with Gasteiger partial charge in [0.05, 0.1) is 12.1 Å². The number of hydrogen-bond acceptors (Lipinski definition) is 4. The molecule has 4 aromatic rings. The molecule has 0 N–H and O–H groups in total. The highest BCUT2D eigenvalue weighted by atomic mass is 19.1. The summed E-state index contributed by atoms with van der Waals surface area (Å²) >= 11 is 0. The monoisotopic (exact) mass is 471 g/mol. The molecule has 0 aliphatic carbocycles. The van der Waals surface area contributed by atoms with Gasteiger partial charge in [-0.1, -0.05) is 18.2 Å². The molecule has 0 spiro atoms. The van der Waals surface area contributed by atoms with Crippen molar-refractivity contribution in [3.63, 3.8) is 0 Å². The molecule has 178 valence electrons. The van der Waals surface area contributed by atoms with Gasteiger partial charge in [0, 0.05) is 68.5 Å². The third kappa shape index (κ3) is 4.64. The molecule has 1 aliphatic heterocycles. The van der Waals surface area contributed by atoms with Crippen LogP contribution in [0.15, 0.2) is 72.0 Å². The van der Waals surface area contributed by atoms with Crippen molar-refractivity contribution >= 4 is 5.91 Å². The van der Waals surface area contributed by atoms with E-state index in [4.69, 9.17) is 0 Å². The fourth-order valence-corrected chi connectivity index (χ4v) is 4.66. The lowest BCUT2D eigenvalue weighted by Gasteiger charge is -2.31. The van der Waals surface area contributed by atoms with E-state index in [0.29, 0.717) is 44.6 Å². The highest BCUT2D eigenvalue weighted by Crippen LogP contribution is 2.26. The van der Waals surface area contributed by atoms with E-state index in [1.807, 2.05) is 34.7 Å². The molecule has 8 heteroatoms. The van der Waals surface area contributed by atoms with Crippen LogP contribution < -0.4 is 5.56 Å². The van der Waals surface area contributed by atoms with E-state index in [2.05, 4.69) is 9.97 Å². The van der Waals surface area contributed by atoms with Crippen LogP contribution in [0.5, 0.6) is 0 Å². The van der Waals surface area contributed by atoms with Gasteiger partial charge in [0.15, 0.2) is 0 Å². The molecular weight excluding hydrogens is 445 g/mol. The summed E-state index contributed by atoms with van der Waals surface area (Å²) < 4.78 is 18.4. The molecule has 0 atom stereocenters. The van der Waals surface area contributed by atoms with Crippen molar-refractivity contribution in [3.05, 3.63) is 106 Å². The SMILES string of the molecule is Cc1nccn1CCC(=O)N1CCc2c(cc(-c3ccccc3F)c(=O)n2Cc2ccncc2)C1. The summed E-state index contributed by atoms with van der Waals surface area (Å²) in [5, 5.41) is 0. The first-order valence-electron chi connectivity index (χ1n) is 11.7. The lowest BCUT2D eigenvalue weighted by atomic mass is 9.98. The van der Waals surface area contributed by atoms with Crippen molar-refractivity contribution in [2.45, 2.75) is 39.4 Å². The third-order valence-electron chi connectivity index (χ3n) is 6.57. The maximum atomic E-state index is 14.7. The van der Waals surface area contributed by atoms with Gasteiger partial charge in [0.1, 0.15) is 11.6 Å². The van der Waals surface area contributed by atoms with Crippen molar-refractivity contribution < 1.29 is 9.18 Å². The Kier molecular flexibility index (Phi) is 6.27. The molecular formula is C27H26FN5O2. The Labute approximate surface area is 202 Å². The Morgan fingerprint density at radius 1 is 1.09 bits per heavy atom. The Bertz CT molecular complexity index is 1430. The number of pyridine rings is 2. The van der Waals surface area contributed by atoms with E-state index in [1.165, 1.54) is 6.07 Å². The van der Waals surface area contributed by atoms with Gasteiger partial charge in [-0.25, -0.2) is 9.37 Å². The molecule has 0 radical (unpaired) electrons. The number of amides is 1. The standard InChI is InChI=1S/C27H26FN5O2/c1-19-30-12-15-31(19)14-9-26(34)32-13-8-25-21(18-32)16-23(22-4-2-3-5-24(22)28)27(35)33(25)17-20-6-10-29-11-7-20/h2-7,10-12,15-16H,8-9,13-14,17-18H2,1H3. The summed E-state index contributed by atoms with van der Waals surface area (Å²) in [5.74, 6) is 0.471. The van der Waals surface area contributed by atoms with E-state index in [9.17, 15) is 14.0 Å². The van der Waals surface area contributed by atoms with Crippen LogP contribution in [-0.2, 0) is 30.8 Å². The summed E-state index contributed by atoms with van der Waals surface area (Å²) in [5.41, 5.74) is 3.03. The maximum absolute atomic E-state index is 14.7. The second kappa shape index (κ2) is 9.66. The Balaban J connectivity index is 1.49. The Morgan fingerprint density at radius 2 is 1.89 bits per heavy atom. The van der Waals surface area contributed by atoms with Crippen molar-refractivity contribution in [2.75, 3.05) is 6.54 Å². The van der Waals surface area contributed by atoms with Crippen LogP contribution in [0.3, 0.4) is 0 Å². The molecule has 0 fully saturated rings. The molecule has 35 heavy (non-hydrogen) atoms. The summed E-state index contributed by atoms with van der Waals surface area (Å²) in [4.78, 5) is 36.7. The third-order valence-corrected chi connectivity index (χ3v) is 6.57. The largest absolute Gasteiger partial charge is 0.338 e. The first kappa shape index (κ1) is 22.7. The van der Waals surface area contributed by atoms with Gasteiger partial charge < -0.3 is 14.0 Å². The number of hydrogen-bond donors (Lipinski definition) is 0. The molecule has 0 unspecified atom stereocenters. The summed E-state index contributed by atoms with van der Waals surface area (Å²) in [6.07, 6.45) is 7.90. The molecule has 0 saturated heterocycles. The Morgan fingerprint density at radius 3 is 2.63 bits per heavy atom. The fourth-order valence-electron chi connectivity index (χ4n) is 4.66. The molecule has 4 heterocycles. The number of carbonyl (C=O) groups is 1. The predicted octanol–water partition coefficient (Wildman–Crippen LogP) is 3.58. The molecule has 5 rings (SSSR count). The average molecular weight is 472 g/mol. The minimum absolute atomic E-state index is 0.0445. The zero-order valence-corrected chi connectivity index (χ0v) is 19.5. The normalized spacial score (nSPS) is 13.0. The molecule has 7 nitrogen and oxygen atoms in total. The number of imidazole rings is 1. The molecule has 1 aromatic carbocycles. The summed E-state index contributed by atoms with van der Waals surface area (Å²) in [6, 6.07) is 11.8. The Hall–Kier alpha value is -4.07. The number of nitrogens with zero attached hydrogens (tertiary/aromatic N) is 5. The molecule has 0 bridgehead atoms. The highest BCUT2D eigenvalue weighted by molar-refractivity contribution is 5.76. The number of carbonyl (C=O) groups excluding carboxylic acids is 1. The summed E-state index contributed by atoms with van der Waals surface area (Å²) in [6.45, 7) is 3.75. The molecule has 3 aromatic heterocycles. The lowest BCUT2D eigenvalue weighted by molar-refractivity contribution is -0.132. The van der Waals surface area contributed by atoms with E-state index < -0.39 is 5.82 Å². The van der Waals surface area contributed by atoms with Crippen LogP contribution in [0.1, 0.15) is 29.1 Å². The van der Waals surface area contributed by atoms with Gasteiger partial charge >= 0.3 is 0 Å². The van der Waals surface area contributed by atoms with Crippen molar-refractivity contribution in [3.8, 4) is 11.1 Å². The number of aryl methyl sites for hydroxylation is 2. The van der Waals surface area contributed by atoms with Crippen molar-refractivity contribution in [1.82, 2.24) is 24.0 Å². The van der Waals surface area contributed by atoms with E-state index in [-0.39, 0.29) is 17.0 Å². The minimum Gasteiger partial charge on any atom is -0.338 e. The first-order chi connectivity index (χ1) is 17.0. The maximum Gasteiger partial charge on any atom is 0.259 e. The summed E-state index contributed by atoms with van der Waals surface area (Å²) in [7, 11) is 0. The second-order valence-electron chi connectivity index (χ2n) is 8.74. The van der Waals surface area contributed by atoms with E-state index in [0.717, 1.165) is 22.6 Å². The first-order valence-corrected chi connectivity index (χ1v) is 11.7. The minimum atomic E-state index is -0.445. The predicted molar refractivity (Wildman–Crippen MR) is 130 cm³/mol. The highest BCUT2D eigenvalue weighted by Gasteiger charge is 2.26. The van der Waals surface area contributed by atoms with E-state index >= 15 is 0 Å². The molecule has 1 amide bonds. The quantitative estimate of drug-likeness (QED) is 0.431. The van der Waals surface area contributed by atoms with E-state index in [1.54, 1.807) is 47.4 Å². The fraction of sp³-hybridized carbons (Fsp3) is 0.259. The van der Waals surface area contributed by atoms with Crippen LogP contribution in [0.2, 0.25) is 0 Å². The van der Waals surface area contributed by atoms with Gasteiger partial charge in [0.2, 0.25) is 5.91 Å². The topological polar surface area (TPSA) is 73.0 Å². The van der Waals surface area contributed by atoms with Crippen molar-refractivity contribution in [1.29, 1.82) is 0 Å². The zero-order valence-electron chi connectivity index (χ0n) is 19.5. The number of aromatic nitrogens is 4. The number of rotatable bonds is 6. The van der Waals surface area contributed by atoms with Gasteiger partial charge in [-0.15, -0.1) is 0 Å². The van der Waals surface area contributed by atoms with Gasteiger partial charge in [-0.2, -0.15) is 0 Å². The average Bonchev–Trinajstić information content (AvgIpc) is 3.29. The molecule has 1 aliphatic rings. The number of halogens is 1. The van der Waals surface area contributed by atoms with Crippen LogP contribution in [0.4, 0.5) is 4.39 Å². The number of benzene rings is 1. The number of fused-ring (bicyclic) bond motifs is 1. The second-order valence-corrected chi connectivity index (χ2v) is 8.74.